The van der Waals surface area contributed by atoms with Crippen LogP contribution >= 0.6 is 0 Å². The summed E-state index contributed by atoms with van der Waals surface area (Å²) >= 11 is 0. The highest BCUT2D eigenvalue weighted by Gasteiger charge is 2.22. The third-order valence-corrected chi connectivity index (χ3v) is 5.01. The highest BCUT2D eigenvalue weighted by Crippen LogP contribution is 2.31. The Kier molecular flexibility index (Phi) is 4.51. The topological polar surface area (TPSA) is 56.0 Å². The van der Waals surface area contributed by atoms with Crippen LogP contribution in [0.4, 0.5) is 5.69 Å². The van der Waals surface area contributed by atoms with Gasteiger partial charge in [-0.25, -0.2) is 0 Å². The molecular formula is C21H21N5. The number of rotatable bonds is 3. The quantitative estimate of drug-likeness (QED) is 0.731. The van der Waals surface area contributed by atoms with Crippen molar-refractivity contribution in [3.63, 3.8) is 0 Å². The average molecular weight is 343 g/mol. The summed E-state index contributed by atoms with van der Waals surface area (Å²) in [5.74, 6) is 0. The number of aryl methyl sites for hydroxylation is 1. The molecule has 0 atom stereocenters. The van der Waals surface area contributed by atoms with Gasteiger partial charge >= 0.3 is 0 Å². The predicted octanol–water partition coefficient (Wildman–Crippen LogP) is 3.13. The van der Waals surface area contributed by atoms with Crippen molar-refractivity contribution in [2.24, 2.45) is 0 Å². The van der Waals surface area contributed by atoms with E-state index < -0.39 is 0 Å². The number of anilines is 1. The Morgan fingerprint density at radius 2 is 1.92 bits per heavy atom. The fourth-order valence-electron chi connectivity index (χ4n) is 3.66. The number of pyridine rings is 2. The summed E-state index contributed by atoms with van der Waals surface area (Å²) in [6, 6.07) is 12.6. The summed E-state index contributed by atoms with van der Waals surface area (Å²) in [6.45, 7) is 6.73. The average Bonchev–Trinajstić information content (AvgIpc) is 2.69. The standard InChI is InChI=1S/C21H21N5/c1-16-4-2-6-19-20(16)24-14-18(12-22)21(19)26-10-8-25(9-11-26)15-17-5-3-7-23-13-17/h2-7,13-14H,8-11,15H2,1H3. The molecule has 0 bridgehead atoms. The molecule has 130 valence electrons. The number of piperazine rings is 1. The number of nitriles is 1. The molecule has 0 radical (unpaired) electrons. The minimum absolute atomic E-state index is 0.656. The molecule has 1 aliphatic heterocycles. The van der Waals surface area contributed by atoms with E-state index in [1.54, 1.807) is 12.4 Å². The summed E-state index contributed by atoms with van der Waals surface area (Å²) in [5.41, 5.74) is 5.05. The summed E-state index contributed by atoms with van der Waals surface area (Å²) in [5, 5.41) is 10.7. The maximum Gasteiger partial charge on any atom is 0.103 e. The van der Waals surface area contributed by atoms with Gasteiger partial charge in [-0.3, -0.25) is 14.9 Å². The molecule has 0 saturated carbocycles. The van der Waals surface area contributed by atoms with Crippen molar-refractivity contribution in [1.29, 1.82) is 5.26 Å². The lowest BCUT2D eigenvalue weighted by Crippen LogP contribution is -2.46. The molecule has 5 nitrogen and oxygen atoms in total. The smallest absolute Gasteiger partial charge is 0.103 e. The van der Waals surface area contributed by atoms with Crippen molar-refractivity contribution in [3.8, 4) is 6.07 Å². The van der Waals surface area contributed by atoms with Crippen LogP contribution in [-0.4, -0.2) is 41.0 Å². The van der Waals surface area contributed by atoms with Gasteiger partial charge in [-0.1, -0.05) is 24.3 Å². The third kappa shape index (κ3) is 3.12. The molecule has 5 heteroatoms. The molecule has 26 heavy (non-hydrogen) atoms. The molecule has 0 N–H and O–H groups in total. The monoisotopic (exact) mass is 343 g/mol. The third-order valence-electron chi connectivity index (χ3n) is 5.01. The first-order valence-corrected chi connectivity index (χ1v) is 8.91. The molecule has 3 heterocycles. The van der Waals surface area contributed by atoms with Gasteiger partial charge < -0.3 is 4.90 Å². The van der Waals surface area contributed by atoms with E-state index in [0.717, 1.165) is 54.9 Å². The zero-order valence-corrected chi connectivity index (χ0v) is 14.9. The Morgan fingerprint density at radius 3 is 2.65 bits per heavy atom. The molecule has 0 unspecified atom stereocenters. The Labute approximate surface area is 153 Å². The SMILES string of the molecule is Cc1cccc2c(N3CCN(Cc4cccnc4)CC3)c(C#N)cnc12. The lowest BCUT2D eigenvalue weighted by molar-refractivity contribution is 0.250. The van der Waals surface area contributed by atoms with Crippen LogP contribution in [0.2, 0.25) is 0 Å². The minimum atomic E-state index is 0.656. The summed E-state index contributed by atoms with van der Waals surface area (Å²) in [6.07, 6.45) is 5.45. The molecule has 3 aromatic rings. The second-order valence-corrected chi connectivity index (χ2v) is 6.73. The van der Waals surface area contributed by atoms with E-state index in [2.05, 4.69) is 51.0 Å². The number of benzene rings is 1. The van der Waals surface area contributed by atoms with E-state index in [1.807, 2.05) is 18.3 Å². The van der Waals surface area contributed by atoms with Gasteiger partial charge in [0, 0.05) is 56.7 Å². The predicted molar refractivity (Wildman–Crippen MR) is 103 cm³/mol. The minimum Gasteiger partial charge on any atom is -0.367 e. The van der Waals surface area contributed by atoms with Gasteiger partial charge in [-0.15, -0.1) is 0 Å². The number of hydrogen-bond donors (Lipinski definition) is 0. The number of hydrogen-bond acceptors (Lipinski definition) is 5. The zero-order chi connectivity index (χ0) is 17.9. The number of fused-ring (bicyclic) bond motifs is 1. The molecule has 1 aliphatic rings. The van der Waals surface area contributed by atoms with E-state index in [9.17, 15) is 5.26 Å². The Balaban J connectivity index is 1.58. The van der Waals surface area contributed by atoms with Crippen LogP contribution in [0.3, 0.4) is 0 Å². The molecule has 0 aliphatic carbocycles. The molecule has 0 amide bonds. The van der Waals surface area contributed by atoms with Crippen molar-refractivity contribution in [2.75, 3.05) is 31.1 Å². The summed E-state index contributed by atoms with van der Waals surface area (Å²) in [4.78, 5) is 13.5. The van der Waals surface area contributed by atoms with E-state index >= 15 is 0 Å². The van der Waals surface area contributed by atoms with Crippen molar-refractivity contribution < 1.29 is 0 Å². The van der Waals surface area contributed by atoms with Crippen LogP contribution in [-0.2, 0) is 6.54 Å². The Morgan fingerprint density at radius 1 is 1.08 bits per heavy atom. The molecular weight excluding hydrogens is 322 g/mol. The Bertz CT molecular complexity index is 953. The van der Waals surface area contributed by atoms with Gasteiger partial charge in [0.25, 0.3) is 0 Å². The van der Waals surface area contributed by atoms with Gasteiger partial charge in [-0.05, 0) is 24.1 Å². The second kappa shape index (κ2) is 7.11. The lowest BCUT2D eigenvalue weighted by atomic mass is 10.0. The van der Waals surface area contributed by atoms with Crippen molar-refractivity contribution in [2.45, 2.75) is 13.5 Å². The highest BCUT2D eigenvalue weighted by atomic mass is 15.3. The normalized spacial score (nSPS) is 15.2. The van der Waals surface area contributed by atoms with Crippen LogP contribution in [0.25, 0.3) is 10.9 Å². The maximum atomic E-state index is 9.59. The fourth-order valence-corrected chi connectivity index (χ4v) is 3.66. The molecule has 1 fully saturated rings. The first-order chi connectivity index (χ1) is 12.8. The van der Waals surface area contributed by atoms with Crippen LogP contribution in [0.5, 0.6) is 0 Å². The largest absolute Gasteiger partial charge is 0.367 e. The summed E-state index contributed by atoms with van der Waals surface area (Å²) in [7, 11) is 0. The van der Waals surface area contributed by atoms with Gasteiger partial charge in [0.05, 0.1) is 16.8 Å². The van der Waals surface area contributed by atoms with Gasteiger partial charge in [0.15, 0.2) is 0 Å². The highest BCUT2D eigenvalue weighted by molar-refractivity contribution is 5.96. The van der Waals surface area contributed by atoms with Crippen molar-refractivity contribution in [1.82, 2.24) is 14.9 Å². The van der Waals surface area contributed by atoms with E-state index in [1.165, 1.54) is 5.56 Å². The van der Waals surface area contributed by atoms with Crippen LogP contribution < -0.4 is 4.90 Å². The van der Waals surface area contributed by atoms with Crippen LogP contribution in [0, 0.1) is 18.3 Å². The van der Waals surface area contributed by atoms with Gasteiger partial charge in [0.2, 0.25) is 0 Å². The Hall–Kier alpha value is -2.97. The lowest BCUT2D eigenvalue weighted by Gasteiger charge is -2.37. The number of para-hydroxylation sites is 1. The first kappa shape index (κ1) is 16.5. The molecule has 0 spiro atoms. The number of aromatic nitrogens is 2. The molecule has 2 aromatic heterocycles. The van der Waals surface area contributed by atoms with Gasteiger partial charge in [0.1, 0.15) is 6.07 Å². The zero-order valence-electron chi connectivity index (χ0n) is 14.9. The molecule has 1 aromatic carbocycles. The second-order valence-electron chi connectivity index (χ2n) is 6.73. The molecule has 1 saturated heterocycles. The van der Waals surface area contributed by atoms with Crippen molar-refractivity contribution in [3.05, 3.63) is 65.6 Å². The van der Waals surface area contributed by atoms with E-state index in [0.29, 0.717) is 5.56 Å². The summed E-state index contributed by atoms with van der Waals surface area (Å²) < 4.78 is 0. The maximum absolute atomic E-state index is 9.59. The number of nitrogens with zero attached hydrogens (tertiary/aromatic N) is 5. The fraction of sp³-hybridized carbons (Fsp3) is 0.286. The molecule has 4 rings (SSSR count). The first-order valence-electron chi connectivity index (χ1n) is 8.91. The van der Waals surface area contributed by atoms with Crippen LogP contribution in [0.15, 0.2) is 48.9 Å². The van der Waals surface area contributed by atoms with E-state index in [-0.39, 0.29) is 0 Å². The van der Waals surface area contributed by atoms with E-state index in [4.69, 9.17) is 0 Å². The van der Waals surface area contributed by atoms with Gasteiger partial charge in [-0.2, -0.15) is 5.26 Å². The van der Waals surface area contributed by atoms with Crippen molar-refractivity contribution >= 4 is 16.6 Å². The van der Waals surface area contributed by atoms with Crippen LogP contribution in [0.1, 0.15) is 16.7 Å².